The van der Waals surface area contributed by atoms with Crippen LogP contribution in [0, 0.1) is 19.7 Å². The summed E-state index contributed by atoms with van der Waals surface area (Å²) in [6, 6.07) is 9.07. The van der Waals surface area contributed by atoms with Crippen molar-refractivity contribution in [2.75, 3.05) is 23.7 Å². The highest BCUT2D eigenvalue weighted by Gasteiger charge is 2.23. The lowest BCUT2D eigenvalue weighted by Crippen LogP contribution is -2.31. The van der Waals surface area contributed by atoms with Gasteiger partial charge in [0.05, 0.1) is 4.90 Å². The second-order valence-corrected chi connectivity index (χ2v) is 8.43. The Balaban J connectivity index is 2.30. The minimum Gasteiger partial charge on any atom is -0.332 e. The summed E-state index contributed by atoms with van der Waals surface area (Å²) in [4.78, 5) is 0.224. The fraction of sp³-hybridized carbons (Fsp3) is 0.316. The Labute approximate surface area is 165 Å². The van der Waals surface area contributed by atoms with Gasteiger partial charge in [0, 0.05) is 24.5 Å². The quantitative estimate of drug-likeness (QED) is 0.697. The fourth-order valence-electron chi connectivity index (χ4n) is 2.64. The van der Waals surface area contributed by atoms with Gasteiger partial charge in [0.15, 0.2) is 5.11 Å². The maximum atomic E-state index is 13.0. The lowest BCUT2D eigenvalue weighted by atomic mass is 10.1. The molecule has 146 valence electrons. The molecule has 0 heterocycles. The number of nitrogens with one attached hydrogen (secondary N) is 2. The van der Waals surface area contributed by atoms with Crippen molar-refractivity contribution in [1.29, 1.82) is 0 Å². The first-order valence-corrected chi connectivity index (χ1v) is 10.5. The summed E-state index contributed by atoms with van der Waals surface area (Å²) >= 11 is 5.31. The molecule has 5 nitrogen and oxygen atoms in total. The summed E-state index contributed by atoms with van der Waals surface area (Å²) in [5.74, 6) is -0.333. The van der Waals surface area contributed by atoms with E-state index < -0.39 is 10.0 Å². The second-order valence-electron chi connectivity index (χ2n) is 6.09. The molecule has 0 fully saturated rings. The molecule has 0 aromatic heterocycles. The minimum atomic E-state index is -3.57. The molecule has 0 radical (unpaired) electrons. The maximum Gasteiger partial charge on any atom is 0.243 e. The molecule has 0 bridgehead atoms. The molecule has 0 amide bonds. The first-order chi connectivity index (χ1) is 12.7. The van der Waals surface area contributed by atoms with E-state index in [9.17, 15) is 12.8 Å². The number of hydrogen-bond donors (Lipinski definition) is 2. The zero-order chi connectivity index (χ0) is 20.2. The van der Waals surface area contributed by atoms with Gasteiger partial charge >= 0.3 is 0 Å². The highest BCUT2D eigenvalue weighted by atomic mass is 32.2. The predicted molar refractivity (Wildman–Crippen MR) is 112 cm³/mol. The molecule has 0 aliphatic rings. The van der Waals surface area contributed by atoms with Crippen LogP contribution in [0.4, 0.5) is 15.8 Å². The van der Waals surface area contributed by atoms with E-state index in [-0.39, 0.29) is 10.7 Å². The van der Waals surface area contributed by atoms with Gasteiger partial charge in [-0.15, -0.1) is 0 Å². The third kappa shape index (κ3) is 5.03. The number of halogens is 1. The van der Waals surface area contributed by atoms with Crippen molar-refractivity contribution >= 4 is 38.7 Å². The van der Waals surface area contributed by atoms with Gasteiger partial charge in [-0.05, 0) is 73.6 Å². The topological polar surface area (TPSA) is 61.4 Å². The smallest absolute Gasteiger partial charge is 0.243 e. The highest BCUT2D eigenvalue weighted by Crippen LogP contribution is 2.26. The average Bonchev–Trinajstić information content (AvgIpc) is 2.61. The molecule has 2 N–H and O–H groups in total. The van der Waals surface area contributed by atoms with Crippen molar-refractivity contribution in [3.8, 4) is 0 Å². The van der Waals surface area contributed by atoms with Crippen molar-refractivity contribution < 1.29 is 12.8 Å². The molecule has 2 aromatic carbocycles. The van der Waals surface area contributed by atoms with Crippen LogP contribution in [0.25, 0.3) is 0 Å². The van der Waals surface area contributed by atoms with E-state index in [1.54, 1.807) is 24.3 Å². The average molecular weight is 410 g/mol. The summed E-state index contributed by atoms with van der Waals surface area (Å²) in [6.07, 6.45) is 0. The van der Waals surface area contributed by atoms with Crippen LogP contribution < -0.4 is 10.6 Å². The molecular formula is C19H24FN3O2S2. The van der Waals surface area contributed by atoms with Gasteiger partial charge in [0.1, 0.15) is 5.82 Å². The molecule has 27 heavy (non-hydrogen) atoms. The van der Waals surface area contributed by atoms with Crippen LogP contribution in [0.5, 0.6) is 0 Å². The number of sulfonamides is 1. The van der Waals surface area contributed by atoms with E-state index in [0.29, 0.717) is 29.6 Å². The lowest BCUT2D eigenvalue weighted by Gasteiger charge is -2.21. The molecule has 0 aliphatic carbocycles. The Morgan fingerprint density at radius 3 is 2.22 bits per heavy atom. The monoisotopic (exact) mass is 409 g/mol. The van der Waals surface area contributed by atoms with Crippen molar-refractivity contribution in [3.63, 3.8) is 0 Å². The normalized spacial score (nSPS) is 11.5. The van der Waals surface area contributed by atoms with Crippen LogP contribution in [0.15, 0.2) is 41.3 Å². The highest BCUT2D eigenvalue weighted by molar-refractivity contribution is 7.89. The summed E-state index contributed by atoms with van der Waals surface area (Å²) in [5.41, 5.74) is 2.99. The van der Waals surface area contributed by atoms with Crippen LogP contribution in [0.1, 0.15) is 25.0 Å². The van der Waals surface area contributed by atoms with Crippen LogP contribution in [0.3, 0.4) is 0 Å². The standard InChI is InChI=1S/C19H24FN3O2S2/c1-5-23(6-2)27(24,25)17-11-13(3)14(4)18(12-17)22-19(26)21-16-9-7-15(20)8-10-16/h7-12H,5-6H2,1-4H3,(H2,21,22,26). The van der Waals surface area contributed by atoms with Gasteiger partial charge in [-0.25, -0.2) is 12.8 Å². The van der Waals surface area contributed by atoms with Crippen molar-refractivity contribution in [1.82, 2.24) is 4.31 Å². The van der Waals surface area contributed by atoms with Gasteiger partial charge < -0.3 is 10.6 Å². The second kappa shape index (κ2) is 8.77. The first-order valence-electron chi connectivity index (χ1n) is 8.64. The molecular weight excluding hydrogens is 385 g/mol. The Morgan fingerprint density at radius 1 is 1.07 bits per heavy atom. The van der Waals surface area contributed by atoms with E-state index >= 15 is 0 Å². The zero-order valence-electron chi connectivity index (χ0n) is 15.8. The van der Waals surface area contributed by atoms with E-state index in [4.69, 9.17) is 12.2 Å². The number of rotatable bonds is 6. The lowest BCUT2D eigenvalue weighted by molar-refractivity contribution is 0.445. The fourth-order valence-corrected chi connectivity index (χ4v) is 4.43. The van der Waals surface area contributed by atoms with Gasteiger partial charge in [-0.3, -0.25) is 0 Å². The van der Waals surface area contributed by atoms with Crippen LogP contribution in [-0.4, -0.2) is 30.9 Å². The van der Waals surface area contributed by atoms with Gasteiger partial charge in [0.2, 0.25) is 10.0 Å². The Bertz CT molecular complexity index is 925. The molecule has 0 unspecified atom stereocenters. The summed E-state index contributed by atoms with van der Waals surface area (Å²) < 4.78 is 40.1. The Morgan fingerprint density at radius 2 is 1.67 bits per heavy atom. The molecule has 2 rings (SSSR count). The Kier molecular flexibility index (Phi) is 6.91. The maximum absolute atomic E-state index is 13.0. The number of thiocarbonyl (C=S) groups is 1. The third-order valence-electron chi connectivity index (χ3n) is 4.33. The minimum absolute atomic E-state index is 0.224. The number of aryl methyl sites for hydroxylation is 1. The molecule has 0 saturated heterocycles. The van der Waals surface area contributed by atoms with Crippen LogP contribution in [-0.2, 0) is 10.0 Å². The van der Waals surface area contributed by atoms with Crippen molar-refractivity contribution in [3.05, 3.63) is 53.3 Å². The van der Waals surface area contributed by atoms with Gasteiger partial charge in [0.25, 0.3) is 0 Å². The largest absolute Gasteiger partial charge is 0.332 e. The number of anilines is 2. The first kappa shape index (κ1) is 21.3. The van der Waals surface area contributed by atoms with Gasteiger partial charge in [-0.2, -0.15) is 4.31 Å². The van der Waals surface area contributed by atoms with E-state index in [1.165, 1.54) is 16.4 Å². The van der Waals surface area contributed by atoms with Crippen LogP contribution >= 0.6 is 12.2 Å². The summed E-state index contributed by atoms with van der Waals surface area (Å²) in [6.45, 7) is 8.17. The molecule has 0 atom stereocenters. The SMILES string of the molecule is CCN(CC)S(=O)(=O)c1cc(C)c(C)c(NC(=S)Nc2ccc(F)cc2)c1. The van der Waals surface area contributed by atoms with Gasteiger partial charge in [-0.1, -0.05) is 13.8 Å². The molecule has 2 aromatic rings. The summed E-state index contributed by atoms with van der Waals surface area (Å²) in [5, 5.41) is 6.30. The Hall–Kier alpha value is -2.03. The van der Waals surface area contributed by atoms with E-state index in [1.807, 2.05) is 27.7 Å². The predicted octanol–water partition coefficient (Wildman–Crippen LogP) is 4.28. The van der Waals surface area contributed by atoms with Crippen molar-refractivity contribution in [2.45, 2.75) is 32.6 Å². The molecule has 0 spiro atoms. The molecule has 8 heteroatoms. The van der Waals surface area contributed by atoms with E-state index in [0.717, 1.165) is 11.1 Å². The number of nitrogens with zero attached hydrogens (tertiary/aromatic N) is 1. The number of hydrogen-bond acceptors (Lipinski definition) is 3. The third-order valence-corrected chi connectivity index (χ3v) is 6.57. The van der Waals surface area contributed by atoms with E-state index in [2.05, 4.69) is 10.6 Å². The zero-order valence-corrected chi connectivity index (χ0v) is 17.5. The number of benzene rings is 2. The molecule has 0 saturated carbocycles. The van der Waals surface area contributed by atoms with Crippen LogP contribution in [0.2, 0.25) is 0 Å². The molecule has 0 aliphatic heterocycles. The summed E-state index contributed by atoms with van der Waals surface area (Å²) in [7, 11) is -3.57. The van der Waals surface area contributed by atoms with Crippen molar-refractivity contribution in [2.24, 2.45) is 0 Å².